The molecule has 0 aromatic heterocycles. The van der Waals surface area contributed by atoms with E-state index < -0.39 is 6.30 Å². The van der Waals surface area contributed by atoms with E-state index in [9.17, 15) is 9.18 Å². The molecule has 0 radical (unpaired) electrons. The van der Waals surface area contributed by atoms with Crippen molar-refractivity contribution in [2.24, 2.45) is 0 Å². The van der Waals surface area contributed by atoms with Gasteiger partial charge >= 0.3 is 0 Å². The zero-order valence-electron chi connectivity index (χ0n) is 7.11. The maximum absolute atomic E-state index is 12.8. The number of halogens is 1. The lowest BCUT2D eigenvalue weighted by atomic mass is 10.1. The number of carbonyl (C=O) groups excluding carboxylic acids is 1. The Morgan fingerprint density at radius 1 is 1.38 bits per heavy atom. The molecule has 1 aromatic rings. The van der Waals surface area contributed by atoms with Gasteiger partial charge < -0.3 is 4.90 Å². The Hall–Kier alpha value is -1.38. The molecule has 1 aliphatic heterocycles. The van der Waals surface area contributed by atoms with Crippen LogP contribution in [0.2, 0.25) is 0 Å². The molecule has 0 spiro atoms. The highest BCUT2D eigenvalue weighted by molar-refractivity contribution is 5.82. The van der Waals surface area contributed by atoms with E-state index in [2.05, 4.69) is 0 Å². The standard InChI is InChI=1S/C10H10FNO/c11-9-6-10(13)12(9)7-8-4-2-1-3-5-8/h1-5,9H,6-7H2. The largest absolute Gasteiger partial charge is 0.308 e. The van der Waals surface area contributed by atoms with Crippen LogP contribution in [0.25, 0.3) is 0 Å². The topological polar surface area (TPSA) is 20.3 Å². The predicted octanol–water partition coefficient (Wildman–Crippen LogP) is 1.71. The van der Waals surface area contributed by atoms with E-state index in [4.69, 9.17) is 0 Å². The SMILES string of the molecule is O=C1CC(F)N1Cc1ccccc1. The summed E-state index contributed by atoms with van der Waals surface area (Å²) in [4.78, 5) is 12.2. The lowest BCUT2D eigenvalue weighted by Crippen LogP contribution is -2.49. The Morgan fingerprint density at radius 2 is 2.08 bits per heavy atom. The second kappa shape index (κ2) is 3.17. The van der Waals surface area contributed by atoms with Crippen LogP contribution in [-0.4, -0.2) is 17.1 Å². The molecule has 1 atom stereocenters. The number of alkyl halides is 1. The molecule has 1 saturated heterocycles. The Kier molecular flexibility index (Phi) is 2.00. The number of likely N-dealkylation sites (tertiary alicyclic amines) is 1. The zero-order valence-corrected chi connectivity index (χ0v) is 7.11. The predicted molar refractivity (Wildman–Crippen MR) is 46.5 cm³/mol. The Morgan fingerprint density at radius 3 is 2.62 bits per heavy atom. The highest BCUT2D eigenvalue weighted by atomic mass is 19.1. The van der Waals surface area contributed by atoms with Gasteiger partial charge in [0.05, 0.1) is 6.42 Å². The van der Waals surface area contributed by atoms with Crippen molar-refractivity contribution in [2.75, 3.05) is 0 Å². The van der Waals surface area contributed by atoms with Crippen molar-refractivity contribution < 1.29 is 9.18 Å². The second-order valence-corrected chi connectivity index (χ2v) is 3.15. The number of benzene rings is 1. The minimum absolute atomic E-state index is 0.0484. The summed E-state index contributed by atoms with van der Waals surface area (Å²) >= 11 is 0. The second-order valence-electron chi connectivity index (χ2n) is 3.15. The smallest absolute Gasteiger partial charge is 0.230 e. The fourth-order valence-electron chi connectivity index (χ4n) is 1.38. The first-order chi connectivity index (χ1) is 6.27. The molecule has 2 nitrogen and oxygen atoms in total. The van der Waals surface area contributed by atoms with Crippen LogP contribution < -0.4 is 0 Å². The summed E-state index contributed by atoms with van der Waals surface area (Å²) in [7, 11) is 0. The molecule has 2 rings (SSSR count). The number of β-lactam (4-membered cyclic amide) rings is 1. The molecule has 1 heterocycles. The number of amides is 1. The van der Waals surface area contributed by atoms with E-state index >= 15 is 0 Å². The number of rotatable bonds is 2. The molecule has 1 aliphatic rings. The molecular weight excluding hydrogens is 169 g/mol. The molecule has 1 amide bonds. The van der Waals surface area contributed by atoms with Gasteiger partial charge in [-0.05, 0) is 5.56 Å². The monoisotopic (exact) mass is 179 g/mol. The average Bonchev–Trinajstić information content (AvgIpc) is 2.16. The van der Waals surface area contributed by atoms with Gasteiger partial charge in [0.1, 0.15) is 0 Å². The van der Waals surface area contributed by atoms with E-state index in [1.165, 1.54) is 4.90 Å². The van der Waals surface area contributed by atoms with Crippen molar-refractivity contribution in [3.05, 3.63) is 35.9 Å². The summed E-state index contributed by atoms with van der Waals surface area (Å²) in [6.45, 7) is 0.390. The molecule has 1 unspecified atom stereocenters. The van der Waals surface area contributed by atoms with Crippen LogP contribution in [-0.2, 0) is 11.3 Å². The molecule has 0 bridgehead atoms. The van der Waals surface area contributed by atoms with Gasteiger partial charge in [0.15, 0.2) is 6.30 Å². The van der Waals surface area contributed by atoms with Crippen LogP contribution >= 0.6 is 0 Å². The molecule has 13 heavy (non-hydrogen) atoms. The molecule has 0 saturated carbocycles. The van der Waals surface area contributed by atoms with E-state index in [-0.39, 0.29) is 12.3 Å². The Bertz CT molecular complexity index is 312. The van der Waals surface area contributed by atoms with Crippen LogP contribution in [0.5, 0.6) is 0 Å². The molecule has 68 valence electrons. The molecular formula is C10H10FNO. The minimum Gasteiger partial charge on any atom is -0.308 e. The normalized spacial score (nSPS) is 21.5. The highest BCUT2D eigenvalue weighted by Gasteiger charge is 2.35. The summed E-state index contributed by atoms with van der Waals surface area (Å²) in [6.07, 6.45) is -1.03. The summed E-state index contributed by atoms with van der Waals surface area (Å²) in [5, 5.41) is 0. The van der Waals surface area contributed by atoms with Crippen molar-refractivity contribution in [1.82, 2.24) is 4.90 Å². The third-order valence-corrected chi connectivity index (χ3v) is 2.20. The fourth-order valence-corrected chi connectivity index (χ4v) is 1.38. The zero-order chi connectivity index (χ0) is 9.26. The summed E-state index contributed by atoms with van der Waals surface area (Å²) in [5.74, 6) is -0.101. The van der Waals surface area contributed by atoms with Crippen molar-refractivity contribution in [3.8, 4) is 0 Å². The van der Waals surface area contributed by atoms with Gasteiger partial charge in [0.25, 0.3) is 0 Å². The first-order valence-electron chi connectivity index (χ1n) is 4.25. The quantitative estimate of drug-likeness (QED) is 0.500. The maximum Gasteiger partial charge on any atom is 0.230 e. The maximum atomic E-state index is 12.8. The molecule has 1 fully saturated rings. The average molecular weight is 179 g/mol. The van der Waals surface area contributed by atoms with E-state index in [1.54, 1.807) is 0 Å². The van der Waals surface area contributed by atoms with Gasteiger partial charge in [-0.3, -0.25) is 4.79 Å². The van der Waals surface area contributed by atoms with Gasteiger partial charge in [-0.25, -0.2) is 4.39 Å². The third-order valence-electron chi connectivity index (χ3n) is 2.20. The minimum atomic E-state index is -1.08. The van der Waals surface area contributed by atoms with E-state index in [1.807, 2.05) is 30.3 Å². The van der Waals surface area contributed by atoms with Crippen molar-refractivity contribution >= 4 is 5.91 Å². The molecule has 0 aliphatic carbocycles. The van der Waals surface area contributed by atoms with Crippen LogP contribution in [0.3, 0.4) is 0 Å². The van der Waals surface area contributed by atoms with Gasteiger partial charge in [-0.2, -0.15) is 0 Å². The first-order valence-corrected chi connectivity index (χ1v) is 4.25. The van der Waals surface area contributed by atoms with Crippen molar-refractivity contribution in [3.63, 3.8) is 0 Å². The third kappa shape index (κ3) is 1.54. The summed E-state index contributed by atoms with van der Waals surface area (Å²) < 4.78 is 12.8. The lowest BCUT2D eigenvalue weighted by molar-refractivity contribution is -0.156. The van der Waals surface area contributed by atoms with Crippen LogP contribution in [0.1, 0.15) is 12.0 Å². The lowest BCUT2D eigenvalue weighted by Gasteiger charge is -2.34. The van der Waals surface area contributed by atoms with Crippen LogP contribution in [0, 0.1) is 0 Å². The fraction of sp³-hybridized carbons (Fsp3) is 0.300. The van der Waals surface area contributed by atoms with Gasteiger partial charge in [-0.1, -0.05) is 30.3 Å². The highest BCUT2D eigenvalue weighted by Crippen LogP contribution is 2.22. The van der Waals surface area contributed by atoms with E-state index in [0.717, 1.165) is 5.56 Å². The summed E-state index contributed by atoms with van der Waals surface area (Å²) in [6, 6.07) is 9.44. The van der Waals surface area contributed by atoms with Crippen LogP contribution in [0.4, 0.5) is 4.39 Å². The van der Waals surface area contributed by atoms with Crippen molar-refractivity contribution in [1.29, 1.82) is 0 Å². The molecule has 0 N–H and O–H groups in total. The van der Waals surface area contributed by atoms with Crippen LogP contribution in [0.15, 0.2) is 30.3 Å². The van der Waals surface area contributed by atoms with Gasteiger partial charge in [-0.15, -0.1) is 0 Å². The van der Waals surface area contributed by atoms with Gasteiger partial charge in [0.2, 0.25) is 5.91 Å². The van der Waals surface area contributed by atoms with Gasteiger partial charge in [0, 0.05) is 6.54 Å². The molecule has 1 aromatic carbocycles. The Balaban J connectivity index is 2.02. The van der Waals surface area contributed by atoms with E-state index in [0.29, 0.717) is 6.54 Å². The first kappa shape index (κ1) is 8.23. The Labute approximate surface area is 76.0 Å². The number of hydrogen-bond donors (Lipinski definition) is 0. The number of carbonyl (C=O) groups is 1. The molecule has 3 heteroatoms. The number of nitrogens with zero attached hydrogens (tertiary/aromatic N) is 1. The summed E-state index contributed by atoms with van der Waals surface area (Å²) in [5.41, 5.74) is 0.971. The van der Waals surface area contributed by atoms with Crippen molar-refractivity contribution in [2.45, 2.75) is 19.3 Å². The number of hydrogen-bond acceptors (Lipinski definition) is 1.